The number of benzene rings is 2. The van der Waals surface area contributed by atoms with Gasteiger partial charge in [-0.1, -0.05) is 18.2 Å². The molecule has 1 heterocycles. The number of nitrogens with one attached hydrogen (secondary N) is 1. The molecule has 0 fully saturated rings. The highest BCUT2D eigenvalue weighted by Gasteiger charge is 2.16. The van der Waals surface area contributed by atoms with Crippen molar-refractivity contribution in [2.75, 3.05) is 19.8 Å². The van der Waals surface area contributed by atoms with Gasteiger partial charge in [0.2, 0.25) is 5.91 Å². The number of ether oxygens (including phenoxy) is 2. The molecule has 0 aromatic heterocycles. The first-order valence-electron chi connectivity index (χ1n) is 7.70. The molecule has 0 bridgehead atoms. The molecular weight excluding hydrogens is 313 g/mol. The van der Waals surface area contributed by atoms with Gasteiger partial charge in [-0.05, 0) is 35.4 Å². The lowest BCUT2D eigenvalue weighted by atomic mass is 10.1. The number of rotatable bonds is 5. The van der Waals surface area contributed by atoms with Crippen LogP contribution in [0.25, 0.3) is 0 Å². The fourth-order valence-corrected chi connectivity index (χ4v) is 2.45. The molecule has 1 amide bonds. The van der Waals surface area contributed by atoms with Crippen molar-refractivity contribution in [3.8, 4) is 11.5 Å². The molecule has 1 aliphatic heterocycles. The summed E-state index contributed by atoms with van der Waals surface area (Å²) in [4.78, 5) is 11.9. The lowest BCUT2D eigenvalue weighted by molar-refractivity contribution is -0.120. The molecule has 0 aliphatic carbocycles. The highest BCUT2D eigenvalue weighted by atomic mass is 19.1. The van der Waals surface area contributed by atoms with Crippen LogP contribution in [0.15, 0.2) is 42.5 Å². The zero-order chi connectivity index (χ0) is 16.9. The molecule has 126 valence electrons. The van der Waals surface area contributed by atoms with Gasteiger partial charge in [0.1, 0.15) is 19.0 Å². The first kappa shape index (κ1) is 16.3. The average molecular weight is 331 g/mol. The Balaban J connectivity index is 1.54. The van der Waals surface area contributed by atoms with E-state index in [9.17, 15) is 14.3 Å². The number of amides is 1. The van der Waals surface area contributed by atoms with Gasteiger partial charge < -0.3 is 19.9 Å². The normalized spacial score (nSPS) is 14.1. The maximum absolute atomic E-state index is 12.8. The number of aliphatic hydroxyl groups is 1. The number of hydrogen-bond donors (Lipinski definition) is 2. The van der Waals surface area contributed by atoms with Crippen molar-refractivity contribution in [1.82, 2.24) is 5.32 Å². The van der Waals surface area contributed by atoms with Crippen LogP contribution in [0, 0.1) is 5.82 Å². The molecule has 3 rings (SSSR count). The summed E-state index contributed by atoms with van der Waals surface area (Å²) >= 11 is 0. The Kier molecular flexibility index (Phi) is 4.96. The number of carbonyl (C=O) groups excluding carboxylic acids is 1. The summed E-state index contributed by atoms with van der Waals surface area (Å²) < 4.78 is 23.7. The minimum atomic E-state index is -0.849. The van der Waals surface area contributed by atoms with Crippen molar-refractivity contribution < 1.29 is 23.8 Å². The molecule has 0 radical (unpaired) electrons. The van der Waals surface area contributed by atoms with Crippen molar-refractivity contribution in [2.45, 2.75) is 12.5 Å². The minimum absolute atomic E-state index is 0.0830. The van der Waals surface area contributed by atoms with Gasteiger partial charge in [-0.3, -0.25) is 4.79 Å². The predicted molar refractivity (Wildman–Crippen MR) is 85.5 cm³/mol. The van der Waals surface area contributed by atoms with Crippen molar-refractivity contribution in [2.24, 2.45) is 0 Å². The van der Waals surface area contributed by atoms with E-state index in [2.05, 4.69) is 5.32 Å². The molecule has 0 saturated carbocycles. The third-order valence-electron chi connectivity index (χ3n) is 3.72. The Bertz CT molecular complexity index is 717. The quantitative estimate of drug-likeness (QED) is 0.879. The van der Waals surface area contributed by atoms with Gasteiger partial charge in [0.15, 0.2) is 11.5 Å². The van der Waals surface area contributed by atoms with Crippen LogP contribution >= 0.6 is 0 Å². The van der Waals surface area contributed by atoms with Crippen molar-refractivity contribution in [1.29, 1.82) is 0 Å². The fourth-order valence-electron chi connectivity index (χ4n) is 2.45. The van der Waals surface area contributed by atoms with Gasteiger partial charge >= 0.3 is 0 Å². The van der Waals surface area contributed by atoms with Crippen molar-refractivity contribution in [3.63, 3.8) is 0 Å². The van der Waals surface area contributed by atoms with Gasteiger partial charge in [0.05, 0.1) is 12.5 Å². The average Bonchev–Trinajstić information content (AvgIpc) is 2.61. The summed E-state index contributed by atoms with van der Waals surface area (Å²) in [6.07, 6.45) is -0.716. The van der Waals surface area contributed by atoms with E-state index in [4.69, 9.17) is 9.47 Å². The van der Waals surface area contributed by atoms with E-state index in [0.29, 0.717) is 35.8 Å². The lowest BCUT2D eigenvalue weighted by Gasteiger charge is -2.20. The molecule has 2 N–H and O–H groups in total. The first-order chi connectivity index (χ1) is 11.6. The highest BCUT2D eigenvalue weighted by Crippen LogP contribution is 2.32. The predicted octanol–water partition coefficient (Wildman–Crippen LogP) is 1.99. The molecule has 0 saturated heterocycles. The Morgan fingerprint density at radius 3 is 2.58 bits per heavy atom. The van der Waals surface area contributed by atoms with Gasteiger partial charge in [-0.15, -0.1) is 0 Å². The zero-order valence-corrected chi connectivity index (χ0v) is 13.0. The van der Waals surface area contributed by atoms with E-state index in [1.54, 1.807) is 30.3 Å². The molecule has 1 atom stereocenters. The van der Waals surface area contributed by atoms with E-state index < -0.39 is 6.10 Å². The lowest BCUT2D eigenvalue weighted by Crippen LogP contribution is -2.29. The van der Waals surface area contributed by atoms with Crippen LogP contribution in [0.5, 0.6) is 11.5 Å². The standard InChI is InChI=1S/C18H18FNO4/c19-14-4-1-12(2-5-14)9-18(22)20-11-15(21)13-3-6-16-17(10-13)24-8-7-23-16/h1-6,10,15,21H,7-9,11H2,(H,20,22)/t15-/m1/s1. The fraction of sp³-hybridized carbons (Fsp3) is 0.278. The number of halogens is 1. The summed E-state index contributed by atoms with van der Waals surface area (Å²) in [5.74, 6) is 0.666. The smallest absolute Gasteiger partial charge is 0.224 e. The van der Waals surface area contributed by atoms with Crippen LogP contribution < -0.4 is 14.8 Å². The Morgan fingerprint density at radius 1 is 1.12 bits per heavy atom. The van der Waals surface area contributed by atoms with E-state index in [0.717, 1.165) is 0 Å². The van der Waals surface area contributed by atoms with Crippen LogP contribution in [0.1, 0.15) is 17.2 Å². The third-order valence-corrected chi connectivity index (χ3v) is 3.72. The largest absolute Gasteiger partial charge is 0.486 e. The molecule has 5 nitrogen and oxygen atoms in total. The van der Waals surface area contributed by atoms with Crippen LogP contribution in [0.3, 0.4) is 0 Å². The van der Waals surface area contributed by atoms with Crippen LogP contribution in [0.2, 0.25) is 0 Å². The van der Waals surface area contributed by atoms with Crippen molar-refractivity contribution in [3.05, 3.63) is 59.4 Å². The number of fused-ring (bicyclic) bond motifs is 1. The monoisotopic (exact) mass is 331 g/mol. The minimum Gasteiger partial charge on any atom is -0.486 e. The second-order valence-electron chi connectivity index (χ2n) is 5.53. The van der Waals surface area contributed by atoms with Gasteiger partial charge in [0.25, 0.3) is 0 Å². The van der Waals surface area contributed by atoms with Gasteiger partial charge in [-0.25, -0.2) is 4.39 Å². The molecular formula is C18H18FNO4. The SMILES string of the molecule is O=C(Cc1ccc(F)cc1)NC[C@@H](O)c1ccc2c(c1)OCCO2. The molecule has 6 heteroatoms. The van der Waals surface area contributed by atoms with E-state index in [1.807, 2.05) is 0 Å². The molecule has 2 aromatic rings. The topological polar surface area (TPSA) is 67.8 Å². The summed E-state index contributed by atoms with van der Waals surface area (Å²) in [6, 6.07) is 10.9. The molecule has 0 unspecified atom stereocenters. The summed E-state index contributed by atoms with van der Waals surface area (Å²) in [5.41, 5.74) is 1.35. The Morgan fingerprint density at radius 2 is 1.83 bits per heavy atom. The van der Waals surface area contributed by atoms with Gasteiger partial charge in [0, 0.05) is 6.54 Å². The second-order valence-corrected chi connectivity index (χ2v) is 5.53. The molecule has 1 aliphatic rings. The molecule has 0 spiro atoms. The maximum Gasteiger partial charge on any atom is 0.224 e. The Labute approximate surface area is 139 Å². The van der Waals surface area contributed by atoms with E-state index >= 15 is 0 Å². The molecule has 24 heavy (non-hydrogen) atoms. The summed E-state index contributed by atoms with van der Waals surface area (Å²) in [7, 11) is 0. The maximum atomic E-state index is 12.8. The number of carbonyl (C=O) groups is 1. The second kappa shape index (κ2) is 7.31. The number of hydrogen-bond acceptors (Lipinski definition) is 4. The molecule has 2 aromatic carbocycles. The van der Waals surface area contributed by atoms with Gasteiger partial charge in [-0.2, -0.15) is 0 Å². The zero-order valence-electron chi connectivity index (χ0n) is 13.0. The first-order valence-corrected chi connectivity index (χ1v) is 7.70. The summed E-state index contributed by atoms with van der Waals surface area (Å²) in [6.45, 7) is 1.06. The van der Waals surface area contributed by atoms with Crippen LogP contribution in [0.4, 0.5) is 4.39 Å². The third kappa shape index (κ3) is 4.02. The number of aliphatic hydroxyl groups excluding tert-OH is 1. The van der Waals surface area contributed by atoms with E-state index in [-0.39, 0.29) is 24.7 Å². The van der Waals surface area contributed by atoms with Crippen LogP contribution in [-0.4, -0.2) is 30.8 Å². The van der Waals surface area contributed by atoms with Crippen molar-refractivity contribution >= 4 is 5.91 Å². The van der Waals surface area contributed by atoms with Crippen LogP contribution in [-0.2, 0) is 11.2 Å². The van der Waals surface area contributed by atoms with E-state index in [1.165, 1.54) is 12.1 Å². The Hall–Kier alpha value is -2.60. The highest BCUT2D eigenvalue weighted by molar-refractivity contribution is 5.78. The summed E-state index contributed by atoms with van der Waals surface area (Å²) in [5, 5.41) is 12.9.